The Labute approximate surface area is 230 Å². The number of carbonyl (C=O) groups excluding carboxylic acids is 1. The molecular weight excluding hydrogens is 498 g/mol. The topological polar surface area (TPSA) is 113 Å². The molecule has 1 N–H and O–H groups in total. The molecule has 0 aliphatic carbocycles. The molecule has 1 aliphatic rings. The van der Waals surface area contributed by atoms with Gasteiger partial charge in [0.2, 0.25) is 0 Å². The summed E-state index contributed by atoms with van der Waals surface area (Å²) in [4.78, 5) is 38.5. The fraction of sp³-hybridized carbons (Fsp3) is 0.467. The van der Waals surface area contributed by atoms with Crippen molar-refractivity contribution in [2.75, 3.05) is 26.2 Å². The largest absolute Gasteiger partial charge is 0.481 e. The summed E-state index contributed by atoms with van der Waals surface area (Å²) < 4.78 is 5.53. The van der Waals surface area contributed by atoms with E-state index in [0.29, 0.717) is 18.5 Å². The lowest BCUT2D eigenvalue weighted by atomic mass is 9.75. The second-order valence-electron chi connectivity index (χ2n) is 10.4. The number of hydrogen-bond donors (Lipinski definition) is 1. The van der Waals surface area contributed by atoms with Crippen LogP contribution in [0.2, 0.25) is 0 Å². The van der Waals surface area contributed by atoms with Crippen LogP contribution in [0.25, 0.3) is 0 Å². The third kappa shape index (κ3) is 8.92. The maximum atomic E-state index is 12.9. The number of nitro benzene ring substituents is 1. The maximum Gasteiger partial charge on any atom is 0.410 e. The van der Waals surface area contributed by atoms with Gasteiger partial charge in [0.05, 0.1) is 4.92 Å². The molecule has 210 valence electrons. The van der Waals surface area contributed by atoms with E-state index in [2.05, 4.69) is 30.5 Å². The second kappa shape index (κ2) is 14.4. The Balaban J connectivity index is 1.52. The van der Waals surface area contributed by atoms with Gasteiger partial charge in [0.1, 0.15) is 6.61 Å². The zero-order chi connectivity index (χ0) is 28.3. The smallest absolute Gasteiger partial charge is 0.410 e. The maximum absolute atomic E-state index is 12.9. The summed E-state index contributed by atoms with van der Waals surface area (Å²) in [7, 11) is 0. The van der Waals surface area contributed by atoms with Crippen molar-refractivity contribution in [3.63, 3.8) is 0 Å². The molecule has 9 nitrogen and oxygen atoms in total. The minimum absolute atomic E-state index is 0.00513. The molecule has 9 heteroatoms. The predicted octanol–water partition coefficient (Wildman–Crippen LogP) is 5.79. The van der Waals surface area contributed by atoms with Gasteiger partial charge < -0.3 is 19.6 Å². The first-order valence-corrected chi connectivity index (χ1v) is 13.5. The zero-order valence-corrected chi connectivity index (χ0v) is 22.7. The fourth-order valence-electron chi connectivity index (χ4n) is 5.20. The van der Waals surface area contributed by atoms with E-state index < -0.39 is 17.0 Å². The molecule has 2 aromatic carbocycles. The number of benzene rings is 2. The number of amides is 1. The van der Waals surface area contributed by atoms with Gasteiger partial charge in [-0.3, -0.25) is 14.9 Å². The lowest BCUT2D eigenvalue weighted by Crippen LogP contribution is -2.48. The van der Waals surface area contributed by atoms with Crippen LogP contribution in [0.1, 0.15) is 56.6 Å². The van der Waals surface area contributed by atoms with Gasteiger partial charge in [-0.2, -0.15) is 0 Å². The van der Waals surface area contributed by atoms with Crippen LogP contribution in [0.5, 0.6) is 0 Å². The van der Waals surface area contributed by atoms with Crippen molar-refractivity contribution >= 4 is 17.7 Å². The van der Waals surface area contributed by atoms with Crippen molar-refractivity contribution in [2.24, 2.45) is 0 Å². The van der Waals surface area contributed by atoms with E-state index in [1.165, 1.54) is 17.7 Å². The highest BCUT2D eigenvalue weighted by Gasteiger charge is 2.31. The first kappa shape index (κ1) is 29.8. The van der Waals surface area contributed by atoms with Gasteiger partial charge in [-0.15, -0.1) is 6.58 Å². The summed E-state index contributed by atoms with van der Waals surface area (Å²) in [6.07, 6.45) is 5.48. The number of carboxylic acids is 1. The van der Waals surface area contributed by atoms with Crippen molar-refractivity contribution < 1.29 is 24.4 Å². The average molecular weight is 538 g/mol. The lowest BCUT2D eigenvalue weighted by molar-refractivity contribution is -0.384. The number of non-ortho nitro benzene ring substituents is 1. The van der Waals surface area contributed by atoms with Crippen LogP contribution < -0.4 is 0 Å². The fourth-order valence-corrected chi connectivity index (χ4v) is 5.20. The average Bonchev–Trinajstić information content (AvgIpc) is 2.94. The number of hydrogen-bond acceptors (Lipinski definition) is 6. The third-order valence-corrected chi connectivity index (χ3v) is 7.64. The SMILES string of the molecule is C=CCN(C(=O)OCc1ccc([N+](=O)[O-])cc1)C1CCN(CCC(C)(CCCC(=O)O)c2ccccc2)CC1. The summed E-state index contributed by atoms with van der Waals surface area (Å²) >= 11 is 0. The summed E-state index contributed by atoms with van der Waals surface area (Å²) in [5.74, 6) is -0.761. The molecule has 1 amide bonds. The summed E-state index contributed by atoms with van der Waals surface area (Å²) in [6.45, 7) is 9.07. The normalized spacial score (nSPS) is 15.7. The molecule has 0 bridgehead atoms. The second-order valence-corrected chi connectivity index (χ2v) is 10.4. The van der Waals surface area contributed by atoms with Gasteiger partial charge in [0, 0.05) is 44.2 Å². The number of aliphatic carboxylic acids is 1. The molecule has 1 fully saturated rings. The number of piperidine rings is 1. The Bertz CT molecular complexity index is 1100. The van der Waals surface area contributed by atoms with Crippen molar-refractivity contribution in [1.29, 1.82) is 0 Å². The molecule has 1 unspecified atom stereocenters. The van der Waals surface area contributed by atoms with Crippen LogP contribution in [-0.2, 0) is 21.6 Å². The Morgan fingerprint density at radius 2 is 1.82 bits per heavy atom. The predicted molar refractivity (Wildman–Crippen MR) is 150 cm³/mol. The zero-order valence-electron chi connectivity index (χ0n) is 22.7. The Morgan fingerprint density at radius 1 is 1.15 bits per heavy atom. The van der Waals surface area contributed by atoms with E-state index in [0.717, 1.165) is 45.3 Å². The van der Waals surface area contributed by atoms with Crippen LogP contribution in [0.15, 0.2) is 67.3 Å². The lowest BCUT2D eigenvalue weighted by Gasteiger charge is -2.39. The van der Waals surface area contributed by atoms with Gasteiger partial charge in [-0.1, -0.05) is 43.3 Å². The molecule has 1 saturated heterocycles. The highest BCUT2D eigenvalue weighted by Crippen LogP contribution is 2.34. The Hall–Kier alpha value is -3.72. The van der Waals surface area contributed by atoms with E-state index in [4.69, 9.17) is 9.84 Å². The molecule has 0 spiro atoms. The molecule has 3 rings (SSSR count). The van der Waals surface area contributed by atoms with Crippen LogP contribution >= 0.6 is 0 Å². The van der Waals surface area contributed by atoms with Crippen molar-refractivity contribution in [2.45, 2.75) is 63.5 Å². The molecule has 0 radical (unpaired) electrons. The minimum Gasteiger partial charge on any atom is -0.481 e. The van der Waals surface area contributed by atoms with E-state index in [9.17, 15) is 19.7 Å². The monoisotopic (exact) mass is 537 g/mol. The number of rotatable bonds is 14. The van der Waals surface area contributed by atoms with Crippen molar-refractivity contribution in [3.05, 3.63) is 88.5 Å². The van der Waals surface area contributed by atoms with Crippen LogP contribution in [0.4, 0.5) is 10.5 Å². The van der Waals surface area contributed by atoms with E-state index in [1.54, 1.807) is 23.1 Å². The molecule has 1 heterocycles. The van der Waals surface area contributed by atoms with E-state index >= 15 is 0 Å². The highest BCUT2D eigenvalue weighted by molar-refractivity contribution is 5.68. The van der Waals surface area contributed by atoms with Gasteiger partial charge in [0.15, 0.2) is 0 Å². The van der Waals surface area contributed by atoms with E-state index in [1.807, 2.05) is 18.2 Å². The Morgan fingerprint density at radius 3 is 2.41 bits per heavy atom. The molecule has 2 aromatic rings. The number of nitrogens with zero attached hydrogens (tertiary/aromatic N) is 3. The quantitative estimate of drug-likeness (QED) is 0.184. The first-order chi connectivity index (χ1) is 18.7. The molecule has 0 aromatic heterocycles. The summed E-state index contributed by atoms with van der Waals surface area (Å²) in [5.41, 5.74) is 1.81. The summed E-state index contributed by atoms with van der Waals surface area (Å²) in [6, 6.07) is 16.3. The number of carbonyl (C=O) groups is 2. The minimum atomic E-state index is -0.761. The number of nitro groups is 1. The third-order valence-electron chi connectivity index (χ3n) is 7.64. The standard InChI is InChI=1S/C30H39N3O6/c1-3-19-32(29(36)39-23-24-11-13-27(14-12-24)33(37)38)26-15-20-31(21-16-26)22-18-30(2,17-7-10-28(34)35)25-8-5-4-6-9-25/h3-6,8-9,11-14,26H,1,7,10,15-23H2,2H3,(H,34,35). The highest BCUT2D eigenvalue weighted by atomic mass is 16.6. The van der Waals surface area contributed by atoms with Gasteiger partial charge in [0.25, 0.3) is 5.69 Å². The van der Waals surface area contributed by atoms with Gasteiger partial charge in [-0.25, -0.2) is 4.79 Å². The molecule has 1 atom stereocenters. The molecule has 0 saturated carbocycles. The number of ether oxygens (including phenoxy) is 1. The summed E-state index contributed by atoms with van der Waals surface area (Å²) in [5, 5.41) is 19.9. The molecule has 39 heavy (non-hydrogen) atoms. The molecule has 1 aliphatic heterocycles. The van der Waals surface area contributed by atoms with Crippen molar-refractivity contribution in [1.82, 2.24) is 9.80 Å². The van der Waals surface area contributed by atoms with Crippen LogP contribution in [-0.4, -0.2) is 64.1 Å². The Kier molecular flexibility index (Phi) is 11.0. The number of carboxylic acid groups (broad SMARTS) is 1. The first-order valence-electron chi connectivity index (χ1n) is 13.5. The van der Waals surface area contributed by atoms with Crippen LogP contribution in [0.3, 0.4) is 0 Å². The number of likely N-dealkylation sites (tertiary alicyclic amines) is 1. The van der Waals surface area contributed by atoms with Gasteiger partial charge >= 0.3 is 12.1 Å². The molecular formula is C30H39N3O6. The van der Waals surface area contributed by atoms with Gasteiger partial charge in [-0.05, 0) is 67.3 Å². The van der Waals surface area contributed by atoms with E-state index in [-0.39, 0.29) is 30.2 Å². The van der Waals surface area contributed by atoms with Crippen LogP contribution in [0, 0.1) is 10.1 Å². The van der Waals surface area contributed by atoms with Crippen molar-refractivity contribution in [3.8, 4) is 0 Å².